The van der Waals surface area contributed by atoms with Crippen LogP contribution < -0.4 is 16.7 Å². The van der Waals surface area contributed by atoms with E-state index >= 15 is 0 Å². The number of nitrogens with zero attached hydrogens (tertiary/aromatic N) is 4. The van der Waals surface area contributed by atoms with Gasteiger partial charge in [0.05, 0.1) is 22.3 Å². The van der Waals surface area contributed by atoms with Crippen LogP contribution in [0.2, 0.25) is 0 Å². The Labute approximate surface area is 216 Å². The van der Waals surface area contributed by atoms with E-state index in [4.69, 9.17) is 5.73 Å². The van der Waals surface area contributed by atoms with Gasteiger partial charge in [0, 0.05) is 30.4 Å². The van der Waals surface area contributed by atoms with Crippen LogP contribution in [0, 0.1) is 12.7 Å². The number of para-hydroxylation sites is 1. The molecule has 2 heterocycles. The maximum Gasteiger partial charge on any atom is 0.350 e. The molecule has 0 unspecified atom stereocenters. The molecule has 0 aliphatic heterocycles. The molecule has 5 rings (SSSR count). The number of fused-ring (bicyclic) bond motifs is 1. The summed E-state index contributed by atoms with van der Waals surface area (Å²) in [6.45, 7) is 4.36. The molecule has 0 aliphatic carbocycles. The molecule has 0 spiro atoms. The predicted molar refractivity (Wildman–Crippen MR) is 143 cm³/mol. The Morgan fingerprint density at radius 3 is 2.39 bits per heavy atom. The molecule has 5 aromatic rings. The zero-order valence-electron chi connectivity index (χ0n) is 21.0. The van der Waals surface area contributed by atoms with Crippen LogP contribution in [0.25, 0.3) is 27.8 Å². The predicted octanol–water partition coefficient (Wildman–Crippen LogP) is 4.01. The van der Waals surface area contributed by atoms with Crippen molar-refractivity contribution in [1.82, 2.24) is 18.9 Å². The highest BCUT2D eigenvalue weighted by Crippen LogP contribution is 2.31. The van der Waals surface area contributed by atoms with Gasteiger partial charge in [-0.1, -0.05) is 24.3 Å². The first-order valence-corrected chi connectivity index (χ1v) is 12.0. The second-order valence-electron chi connectivity index (χ2n) is 8.87. The Morgan fingerprint density at radius 1 is 1.03 bits per heavy atom. The molecule has 9 nitrogen and oxygen atoms in total. The summed E-state index contributed by atoms with van der Waals surface area (Å²) in [5, 5.41) is 7.80. The van der Waals surface area contributed by atoms with Crippen molar-refractivity contribution < 1.29 is 14.0 Å². The van der Waals surface area contributed by atoms with Gasteiger partial charge in [-0.2, -0.15) is 5.10 Å². The largest absolute Gasteiger partial charge is 0.366 e. The Morgan fingerprint density at radius 2 is 1.76 bits per heavy atom. The lowest BCUT2D eigenvalue weighted by Gasteiger charge is -2.13. The number of carbonyl (C=O) groups is 2. The first kappa shape index (κ1) is 24.7. The first-order chi connectivity index (χ1) is 18.2. The van der Waals surface area contributed by atoms with Crippen molar-refractivity contribution in [3.05, 3.63) is 100.0 Å². The molecule has 0 saturated heterocycles. The average Bonchev–Trinajstić information content (AvgIpc) is 3.40. The Hall–Kier alpha value is -4.99. The van der Waals surface area contributed by atoms with E-state index in [1.54, 1.807) is 30.7 Å². The van der Waals surface area contributed by atoms with Gasteiger partial charge in [0.15, 0.2) is 0 Å². The lowest BCUT2D eigenvalue weighted by atomic mass is 10.1. The zero-order chi connectivity index (χ0) is 27.1. The van der Waals surface area contributed by atoms with Crippen LogP contribution in [0.5, 0.6) is 0 Å². The number of nitrogens with one attached hydrogen (secondary N) is 1. The highest BCUT2D eigenvalue weighted by Gasteiger charge is 2.19. The van der Waals surface area contributed by atoms with Crippen molar-refractivity contribution in [2.75, 3.05) is 5.32 Å². The molecular weight excluding hydrogens is 487 g/mol. The van der Waals surface area contributed by atoms with E-state index in [1.807, 2.05) is 47.9 Å². The number of aromatic nitrogens is 4. The molecule has 0 atom stereocenters. The fraction of sp³-hybridized carbons (Fsp3) is 0.143. The van der Waals surface area contributed by atoms with Gasteiger partial charge < -0.3 is 15.6 Å². The third-order valence-corrected chi connectivity index (χ3v) is 6.48. The molecule has 38 heavy (non-hydrogen) atoms. The van der Waals surface area contributed by atoms with E-state index in [-0.39, 0.29) is 16.9 Å². The number of amides is 2. The Balaban J connectivity index is 1.53. The number of nitrogens with two attached hydrogens (primary N) is 1. The summed E-state index contributed by atoms with van der Waals surface area (Å²) in [5.41, 5.74) is 8.66. The van der Waals surface area contributed by atoms with Crippen LogP contribution in [0.15, 0.2) is 71.5 Å². The van der Waals surface area contributed by atoms with E-state index in [0.29, 0.717) is 23.6 Å². The molecule has 0 radical (unpaired) electrons. The minimum atomic E-state index is -0.917. The van der Waals surface area contributed by atoms with Gasteiger partial charge in [0.2, 0.25) is 0 Å². The topological polar surface area (TPSA) is 117 Å². The monoisotopic (exact) mass is 512 g/mol. The highest BCUT2D eigenvalue weighted by atomic mass is 19.1. The number of rotatable bonds is 6. The van der Waals surface area contributed by atoms with Gasteiger partial charge in [-0.15, -0.1) is 0 Å². The third kappa shape index (κ3) is 4.15. The van der Waals surface area contributed by atoms with Crippen LogP contribution >= 0.6 is 0 Å². The normalized spacial score (nSPS) is 11.2. The summed E-state index contributed by atoms with van der Waals surface area (Å²) >= 11 is 0. The number of primary amides is 1. The molecule has 2 aromatic heterocycles. The number of anilines is 1. The first-order valence-electron chi connectivity index (χ1n) is 12.0. The minimum Gasteiger partial charge on any atom is -0.366 e. The quantitative estimate of drug-likeness (QED) is 0.357. The molecule has 3 N–H and O–H groups in total. The number of halogens is 1. The van der Waals surface area contributed by atoms with Crippen molar-refractivity contribution >= 4 is 28.4 Å². The van der Waals surface area contributed by atoms with E-state index < -0.39 is 17.6 Å². The second kappa shape index (κ2) is 9.47. The van der Waals surface area contributed by atoms with E-state index in [0.717, 1.165) is 28.2 Å². The summed E-state index contributed by atoms with van der Waals surface area (Å²) in [5.74, 6) is -1.48. The molecule has 0 aliphatic rings. The van der Waals surface area contributed by atoms with Crippen molar-refractivity contribution in [3.63, 3.8) is 0 Å². The van der Waals surface area contributed by atoms with Gasteiger partial charge in [0.1, 0.15) is 11.6 Å². The van der Waals surface area contributed by atoms with E-state index in [2.05, 4.69) is 10.4 Å². The summed E-state index contributed by atoms with van der Waals surface area (Å²) < 4.78 is 18.8. The summed E-state index contributed by atoms with van der Waals surface area (Å²) in [6, 6.07) is 18.7. The maximum absolute atomic E-state index is 13.9. The van der Waals surface area contributed by atoms with Gasteiger partial charge >= 0.3 is 5.69 Å². The molecule has 10 heteroatoms. The maximum atomic E-state index is 13.9. The number of aryl methyl sites for hydroxylation is 3. The van der Waals surface area contributed by atoms with Crippen molar-refractivity contribution in [3.8, 4) is 16.9 Å². The number of hydrogen-bond donors (Lipinski definition) is 2. The summed E-state index contributed by atoms with van der Waals surface area (Å²) in [7, 11) is 1.61. The molecule has 192 valence electrons. The van der Waals surface area contributed by atoms with Gasteiger partial charge in [-0.05, 0) is 61.9 Å². The highest BCUT2D eigenvalue weighted by molar-refractivity contribution is 6.13. The summed E-state index contributed by atoms with van der Waals surface area (Å²) in [6.07, 6.45) is 0. The smallest absolute Gasteiger partial charge is 0.350 e. The molecular formula is C28H25FN6O3. The lowest BCUT2D eigenvalue weighted by Crippen LogP contribution is -2.21. The second-order valence-corrected chi connectivity index (χ2v) is 8.87. The SMILES string of the molecule is CCn1c(-c2ccc(-n3c(C)nn(C)c3=O)cc2)cc2cccc(C(=O)Nc3ccc(F)c(C(N)=O)c3)c21. The standard InChI is InChI=1S/C28H25FN6O3/c1-4-34-24(17-8-11-20(12-9-17)35-16(2)32-33(3)28(35)38)14-18-6-5-7-21(25(18)34)27(37)31-19-10-13-23(29)22(15-19)26(30)36/h5-15H,4H2,1-3H3,(H2,30,36)(H,31,37). The Bertz CT molecular complexity index is 1780. The number of carbonyl (C=O) groups excluding carboxylic acids is 2. The van der Waals surface area contributed by atoms with Crippen molar-refractivity contribution in [2.24, 2.45) is 12.8 Å². The molecule has 0 bridgehead atoms. The van der Waals surface area contributed by atoms with Crippen LogP contribution in [-0.2, 0) is 13.6 Å². The van der Waals surface area contributed by atoms with Gasteiger partial charge in [0.25, 0.3) is 11.8 Å². The van der Waals surface area contributed by atoms with Crippen LogP contribution in [0.4, 0.5) is 10.1 Å². The van der Waals surface area contributed by atoms with E-state index in [9.17, 15) is 18.8 Å². The van der Waals surface area contributed by atoms with Crippen LogP contribution in [0.3, 0.4) is 0 Å². The van der Waals surface area contributed by atoms with E-state index in [1.165, 1.54) is 16.8 Å². The molecule has 0 fully saturated rings. The van der Waals surface area contributed by atoms with Gasteiger partial charge in [-0.3, -0.25) is 9.59 Å². The summed E-state index contributed by atoms with van der Waals surface area (Å²) in [4.78, 5) is 37.3. The van der Waals surface area contributed by atoms with Gasteiger partial charge in [-0.25, -0.2) is 18.4 Å². The zero-order valence-corrected chi connectivity index (χ0v) is 21.0. The number of hydrogen-bond acceptors (Lipinski definition) is 4. The van der Waals surface area contributed by atoms with Crippen LogP contribution in [0.1, 0.15) is 33.5 Å². The minimum absolute atomic E-state index is 0.224. The average molecular weight is 513 g/mol. The number of benzene rings is 3. The third-order valence-electron chi connectivity index (χ3n) is 6.48. The lowest BCUT2D eigenvalue weighted by molar-refractivity contribution is 0.0992. The fourth-order valence-electron chi connectivity index (χ4n) is 4.73. The van der Waals surface area contributed by atoms with Crippen LogP contribution in [-0.4, -0.2) is 30.7 Å². The molecule has 0 saturated carbocycles. The fourth-order valence-corrected chi connectivity index (χ4v) is 4.73. The van der Waals surface area contributed by atoms with Crippen molar-refractivity contribution in [2.45, 2.75) is 20.4 Å². The van der Waals surface area contributed by atoms with Crippen molar-refractivity contribution in [1.29, 1.82) is 0 Å². The molecule has 3 aromatic carbocycles. The molecule has 2 amide bonds. The Kier molecular flexibility index (Phi) is 6.15.